The number of nitrogens with zero attached hydrogens (tertiary/aromatic N) is 1. The van der Waals surface area contributed by atoms with Crippen molar-refractivity contribution in [2.45, 2.75) is 6.42 Å². The van der Waals surface area contributed by atoms with E-state index in [2.05, 4.69) is 16.3 Å². The molecule has 4 rings (SSSR count). The molecule has 1 amide bonds. The number of morpholine rings is 1. The second-order valence-corrected chi connectivity index (χ2v) is 7.18. The molecule has 1 saturated heterocycles. The highest BCUT2D eigenvalue weighted by Gasteiger charge is 2.21. The maximum Gasteiger partial charge on any atom is 0.251 e. The van der Waals surface area contributed by atoms with Gasteiger partial charge in [-0.05, 0) is 36.2 Å². The lowest BCUT2D eigenvalue weighted by atomic mass is 9.96. The second-order valence-electron chi connectivity index (χ2n) is 7.18. The Morgan fingerprint density at radius 2 is 2.04 bits per heavy atom. The van der Waals surface area contributed by atoms with Crippen LogP contribution in [0.15, 0.2) is 42.5 Å². The number of ether oxygens (including phenoxy) is 3. The Morgan fingerprint density at radius 3 is 2.86 bits per heavy atom. The maximum absolute atomic E-state index is 12.7. The molecule has 28 heavy (non-hydrogen) atoms. The number of amides is 1. The van der Waals surface area contributed by atoms with Crippen molar-refractivity contribution in [3.8, 4) is 11.5 Å². The molecule has 0 spiro atoms. The quantitative estimate of drug-likeness (QED) is 0.861. The van der Waals surface area contributed by atoms with E-state index in [-0.39, 0.29) is 11.8 Å². The third-order valence-electron chi connectivity index (χ3n) is 5.30. The smallest absolute Gasteiger partial charge is 0.251 e. The minimum Gasteiger partial charge on any atom is -0.495 e. The highest BCUT2D eigenvalue weighted by Crippen LogP contribution is 2.30. The van der Waals surface area contributed by atoms with Crippen LogP contribution >= 0.6 is 0 Å². The number of rotatable bonds is 5. The Labute approximate surface area is 165 Å². The van der Waals surface area contributed by atoms with Crippen LogP contribution in [0.1, 0.15) is 15.9 Å². The van der Waals surface area contributed by atoms with Gasteiger partial charge in [-0.25, -0.2) is 0 Å². The first kappa shape index (κ1) is 18.6. The van der Waals surface area contributed by atoms with E-state index in [4.69, 9.17) is 14.2 Å². The Bertz CT molecular complexity index is 833. The normalized spacial score (nSPS) is 18.8. The van der Waals surface area contributed by atoms with Crippen molar-refractivity contribution in [3.05, 3.63) is 53.6 Å². The van der Waals surface area contributed by atoms with Gasteiger partial charge >= 0.3 is 0 Å². The molecule has 2 aromatic rings. The summed E-state index contributed by atoms with van der Waals surface area (Å²) in [5, 5.41) is 3.06. The van der Waals surface area contributed by atoms with Gasteiger partial charge in [0.05, 0.1) is 32.6 Å². The van der Waals surface area contributed by atoms with E-state index in [1.807, 2.05) is 36.4 Å². The fourth-order valence-electron chi connectivity index (χ4n) is 3.74. The molecular formula is C22H26N2O4. The SMILES string of the molecule is COc1ccc(C(=O)NCC2COc3ccccc3C2)cc1N1CCOCC1. The first-order valence-electron chi connectivity index (χ1n) is 9.74. The average molecular weight is 382 g/mol. The Hall–Kier alpha value is -2.73. The first-order chi connectivity index (χ1) is 13.7. The van der Waals surface area contributed by atoms with Crippen LogP contribution < -0.4 is 19.7 Å². The fourth-order valence-corrected chi connectivity index (χ4v) is 3.74. The van der Waals surface area contributed by atoms with Gasteiger partial charge in [0.1, 0.15) is 11.5 Å². The number of anilines is 1. The van der Waals surface area contributed by atoms with E-state index in [1.165, 1.54) is 5.56 Å². The number of benzene rings is 2. The molecule has 0 bridgehead atoms. The van der Waals surface area contributed by atoms with Gasteiger partial charge in [-0.15, -0.1) is 0 Å². The van der Waals surface area contributed by atoms with E-state index in [0.717, 1.165) is 36.7 Å². The minimum absolute atomic E-state index is 0.0731. The zero-order valence-electron chi connectivity index (χ0n) is 16.1. The summed E-state index contributed by atoms with van der Waals surface area (Å²) < 4.78 is 16.7. The largest absolute Gasteiger partial charge is 0.495 e. The first-order valence-corrected chi connectivity index (χ1v) is 9.74. The number of hydrogen-bond donors (Lipinski definition) is 1. The van der Waals surface area contributed by atoms with Gasteiger partial charge in [0.25, 0.3) is 5.91 Å². The van der Waals surface area contributed by atoms with E-state index in [1.54, 1.807) is 7.11 Å². The molecular weight excluding hydrogens is 356 g/mol. The molecule has 0 aliphatic carbocycles. The standard InChI is InChI=1S/C22H26N2O4/c1-26-21-7-6-18(13-19(21)24-8-10-27-11-9-24)22(25)23-14-16-12-17-4-2-3-5-20(17)28-15-16/h2-7,13,16H,8-12,14-15H2,1H3,(H,23,25). The summed E-state index contributed by atoms with van der Waals surface area (Å²) in [6, 6.07) is 13.7. The minimum atomic E-state index is -0.0731. The molecule has 2 heterocycles. The van der Waals surface area contributed by atoms with Gasteiger partial charge in [-0.3, -0.25) is 4.79 Å². The number of nitrogens with one attached hydrogen (secondary N) is 1. The molecule has 2 aromatic carbocycles. The number of hydrogen-bond acceptors (Lipinski definition) is 5. The Balaban J connectivity index is 1.41. The van der Waals surface area contributed by atoms with Crippen LogP contribution in [-0.2, 0) is 11.2 Å². The lowest BCUT2D eigenvalue weighted by Crippen LogP contribution is -2.37. The molecule has 0 radical (unpaired) electrons. The second kappa shape index (κ2) is 8.52. The van der Waals surface area contributed by atoms with Gasteiger partial charge in [0.15, 0.2) is 0 Å². The Kier molecular flexibility index (Phi) is 5.67. The average Bonchev–Trinajstić information content (AvgIpc) is 2.77. The predicted molar refractivity (Wildman–Crippen MR) is 107 cm³/mol. The van der Waals surface area contributed by atoms with Crippen molar-refractivity contribution < 1.29 is 19.0 Å². The van der Waals surface area contributed by atoms with Crippen molar-refractivity contribution in [3.63, 3.8) is 0 Å². The van der Waals surface area contributed by atoms with Crippen molar-refractivity contribution in [2.75, 3.05) is 51.5 Å². The van der Waals surface area contributed by atoms with E-state index < -0.39 is 0 Å². The number of fused-ring (bicyclic) bond motifs is 1. The maximum atomic E-state index is 12.7. The third kappa shape index (κ3) is 4.07. The summed E-state index contributed by atoms with van der Waals surface area (Å²) in [4.78, 5) is 14.9. The zero-order chi connectivity index (χ0) is 19.3. The van der Waals surface area contributed by atoms with Crippen LogP contribution in [0.5, 0.6) is 11.5 Å². The fraction of sp³-hybridized carbons (Fsp3) is 0.409. The number of carbonyl (C=O) groups is 1. The zero-order valence-corrected chi connectivity index (χ0v) is 16.1. The third-order valence-corrected chi connectivity index (χ3v) is 5.30. The van der Waals surface area contributed by atoms with Crippen LogP contribution in [0.3, 0.4) is 0 Å². The van der Waals surface area contributed by atoms with Crippen molar-refractivity contribution >= 4 is 11.6 Å². The summed E-state index contributed by atoms with van der Waals surface area (Å²) >= 11 is 0. The monoisotopic (exact) mass is 382 g/mol. The lowest BCUT2D eigenvalue weighted by molar-refractivity contribution is 0.0939. The molecule has 1 N–H and O–H groups in total. The predicted octanol–water partition coefficient (Wildman–Crippen LogP) is 2.51. The van der Waals surface area contributed by atoms with Crippen molar-refractivity contribution in [1.29, 1.82) is 0 Å². The van der Waals surface area contributed by atoms with E-state index in [9.17, 15) is 4.79 Å². The molecule has 2 aliphatic heterocycles. The topological polar surface area (TPSA) is 60.0 Å². The molecule has 0 saturated carbocycles. The van der Waals surface area contributed by atoms with Gasteiger partial charge in [0, 0.05) is 31.1 Å². The van der Waals surface area contributed by atoms with Crippen LogP contribution in [0.2, 0.25) is 0 Å². The summed E-state index contributed by atoms with van der Waals surface area (Å²) in [6.07, 6.45) is 0.915. The van der Waals surface area contributed by atoms with Crippen LogP contribution in [0.4, 0.5) is 5.69 Å². The van der Waals surface area contributed by atoms with Gasteiger partial charge in [-0.1, -0.05) is 18.2 Å². The van der Waals surface area contributed by atoms with E-state index >= 15 is 0 Å². The van der Waals surface area contributed by atoms with Crippen molar-refractivity contribution in [2.24, 2.45) is 5.92 Å². The van der Waals surface area contributed by atoms with Gasteiger partial charge in [0.2, 0.25) is 0 Å². The van der Waals surface area contributed by atoms with Crippen LogP contribution in [0, 0.1) is 5.92 Å². The van der Waals surface area contributed by atoms with Crippen LogP contribution in [0.25, 0.3) is 0 Å². The number of methoxy groups -OCH3 is 1. The van der Waals surface area contributed by atoms with E-state index in [0.29, 0.717) is 31.9 Å². The summed E-state index contributed by atoms with van der Waals surface area (Å²) in [5.41, 5.74) is 2.78. The van der Waals surface area contributed by atoms with Gasteiger partial charge < -0.3 is 24.4 Å². The molecule has 0 aromatic heterocycles. The number of para-hydroxylation sites is 1. The molecule has 1 fully saturated rings. The summed E-state index contributed by atoms with van der Waals surface area (Å²) in [7, 11) is 1.65. The molecule has 148 valence electrons. The molecule has 6 nitrogen and oxygen atoms in total. The molecule has 1 atom stereocenters. The summed E-state index contributed by atoms with van der Waals surface area (Å²) in [5.74, 6) is 1.93. The Morgan fingerprint density at radius 1 is 1.21 bits per heavy atom. The highest BCUT2D eigenvalue weighted by atomic mass is 16.5. The number of carbonyl (C=O) groups excluding carboxylic acids is 1. The highest BCUT2D eigenvalue weighted by molar-refractivity contribution is 5.95. The summed E-state index contributed by atoms with van der Waals surface area (Å²) in [6.45, 7) is 4.16. The lowest BCUT2D eigenvalue weighted by Gasteiger charge is -2.30. The van der Waals surface area contributed by atoms with Crippen LogP contribution in [-0.4, -0.2) is 52.5 Å². The molecule has 2 aliphatic rings. The van der Waals surface area contributed by atoms with Gasteiger partial charge in [-0.2, -0.15) is 0 Å². The molecule has 1 unspecified atom stereocenters. The molecule has 6 heteroatoms. The van der Waals surface area contributed by atoms with Crippen molar-refractivity contribution in [1.82, 2.24) is 5.32 Å².